The molecule has 0 bridgehead atoms. The average molecular weight is 287 g/mol. The van der Waals surface area contributed by atoms with Gasteiger partial charge in [0.05, 0.1) is 12.6 Å². The molecule has 1 saturated carbocycles. The highest BCUT2D eigenvalue weighted by Gasteiger charge is 2.24. The van der Waals surface area contributed by atoms with E-state index in [0.717, 1.165) is 36.6 Å². The molecule has 1 N–H and O–H groups in total. The maximum absolute atomic E-state index is 12.3. The van der Waals surface area contributed by atoms with E-state index in [0.29, 0.717) is 5.75 Å². The van der Waals surface area contributed by atoms with Crippen LogP contribution in [0, 0.1) is 5.92 Å². The maximum Gasteiger partial charge on any atom is 0.253 e. The third kappa shape index (κ3) is 2.68. The van der Waals surface area contributed by atoms with Crippen LogP contribution in [0.3, 0.4) is 0 Å². The molecule has 0 aliphatic heterocycles. The normalized spacial score (nSPS) is 17.8. The number of rotatable bonds is 3. The van der Waals surface area contributed by atoms with E-state index < -0.39 is 6.23 Å². The molecule has 1 aliphatic rings. The van der Waals surface area contributed by atoms with Crippen LogP contribution in [0.1, 0.15) is 38.3 Å². The Hall–Kier alpha value is -1.81. The number of aromatic nitrogens is 1. The second-order valence-corrected chi connectivity index (χ2v) is 5.78. The van der Waals surface area contributed by atoms with Crippen LogP contribution in [0.5, 0.6) is 5.75 Å². The van der Waals surface area contributed by atoms with E-state index in [9.17, 15) is 9.90 Å². The van der Waals surface area contributed by atoms with Crippen LogP contribution >= 0.6 is 0 Å². The Bertz CT molecular complexity index is 686. The van der Waals surface area contributed by atoms with Crippen molar-refractivity contribution in [2.75, 3.05) is 7.11 Å². The van der Waals surface area contributed by atoms with Crippen molar-refractivity contribution in [2.24, 2.45) is 5.92 Å². The summed E-state index contributed by atoms with van der Waals surface area (Å²) in [5, 5.41) is 11.6. The highest BCUT2D eigenvalue weighted by Crippen LogP contribution is 2.32. The van der Waals surface area contributed by atoms with E-state index in [2.05, 4.69) is 0 Å². The Morgan fingerprint density at radius 3 is 2.62 bits per heavy atom. The summed E-state index contributed by atoms with van der Waals surface area (Å²) >= 11 is 0. The molecule has 112 valence electrons. The zero-order valence-electron chi connectivity index (χ0n) is 12.3. The SMILES string of the molecule is COc1ccc2ccc(=O)n(C(O)C3CCCCC3)c2c1. The van der Waals surface area contributed by atoms with Crippen molar-refractivity contribution in [3.05, 3.63) is 40.7 Å². The summed E-state index contributed by atoms with van der Waals surface area (Å²) in [6.45, 7) is 0. The fraction of sp³-hybridized carbons (Fsp3) is 0.471. The van der Waals surface area contributed by atoms with E-state index >= 15 is 0 Å². The number of methoxy groups -OCH3 is 1. The van der Waals surface area contributed by atoms with E-state index in [-0.39, 0.29) is 11.5 Å². The lowest BCUT2D eigenvalue weighted by Crippen LogP contribution is -2.30. The van der Waals surface area contributed by atoms with Gasteiger partial charge in [0.1, 0.15) is 12.0 Å². The number of aliphatic hydroxyl groups excluding tert-OH is 1. The molecule has 1 aromatic heterocycles. The molecular formula is C17H21NO3. The van der Waals surface area contributed by atoms with Crippen molar-refractivity contribution in [3.8, 4) is 5.75 Å². The van der Waals surface area contributed by atoms with Crippen LogP contribution in [0.15, 0.2) is 35.1 Å². The zero-order chi connectivity index (χ0) is 14.8. The Morgan fingerprint density at radius 1 is 1.19 bits per heavy atom. The first-order valence-electron chi connectivity index (χ1n) is 7.58. The third-order valence-electron chi connectivity index (χ3n) is 4.48. The molecule has 1 aliphatic carbocycles. The molecule has 3 rings (SSSR count). The minimum absolute atomic E-state index is 0.158. The van der Waals surface area contributed by atoms with Gasteiger partial charge in [-0.3, -0.25) is 9.36 Å². The summed E-state index contributed by atoms with van der Waals surface area (Å²) in [6, 6.07) is 8.92. The minimum Gasteiger partial charge on any atom is -0.497 e. The van der Waals surface area contributed by atoms with Crippen molar-refractivity contribution in [1.29, 1.82) is 0 Å². The standard InChI is InChI=1S/C17H21NO3/c1-21-14-9-7-12-8-10-16(19)18(15(12)11-14)17(20)13-5-3-2-4-6-13/h7-11,13,17,20H,2-6H2,1H3. The Labute approximate surface area is 124 Å². The summed E-state index contributed by atoms with van der Waals surface area (Å²) in [5.74, 6) is 0.853. The summed E-state index contributed by atoms with van der Waals surface area (Å²) in [5.41, 5.74) is 0.578. The number of aliphatic hydroxyl groups is 1. The number of benzene rings is 1. The van der Waals surface area contributed by atoms with Crippen LogP contribution in [0.2, 0.25) is 0 Å². The molecule has 4 nitrogen and oxygen atoms in total. The lowest BCUT2D eigenvalue weighted by Gasteiger charge is -2.28. The van der Waals surface area contributed by atoms with Gasteiger partial charge in [-0.05, 0) is 36.4 Å². The van der Waals surface area contributed by atoms with Crippen LogP contribution in [-0.2, 0) is 0 Å². The first kappa shape index (κ1) is 14.1. The van der Waals surface area contributed by atoms with Crippen LogP contribution in [0.25, 0.3) is 10.9 Å². The molecule has 1 fully saturated rings. The number of pyridine rings is 1. The number of hydrogen-bond donors (Lipinski definition) is 1. The molecule has 1 atom stereocenters. The smallest absolute Gasteiger partial charge is 0.253 e. The number of fused-ring (bicyclic) bond motifs is 1. The largest absolute Gasteiger partial charge is 0.497 e. The Kier molecular flexibility index (Phi) is 3.97. The van der Waals surface area contributed by atoms with Gasteiger partial charge in [0, 0.05) is 18.1 Å². The van der Waals surface area contributed by atoms with Crippen LogP contribution < -0.4 is 10.3 Å². The molecule has 1 heterocycles. The summed E-state index contributed by atoms with van der Waals surface area (Å²) in [7, 11) is 1.60. The number of hydrogen-bond acceptors (Lipinski definition) is 3. The number of nitrogens with zero attached hydrogens (tertiary/aromatic N) is 1. The van der Waals surface area contributed by atoms with Crippen LogP contribution in [0.4, 0.5) is 0 Å². The molecule has 1 unspecified atom stereocenters. The lowest BCUT2D eigenvalue weighted by molar-refractivity contribution is 0.0244. The molecule has 1 aromatic carbocycles. The van der Waals surface area contributed by atoms with Gasteiger partial charge < -0.3 is 9.84 Å². The molecule has 21 heavy (non-hydrogen) atoms. The fourth-order valence-electron chi connectivity index (χ4n) is 3.28. The van der Waals surface area contributed by atoms with Crippen molar-refractivity contribution in [2.45, 2.75) is 38.3 Å². The van der Waals surface area contributed by atoms with E-state index in [1.165, 1.54) is 17.1 Å². The van der Waals surface area contributed by atoms with E-state index in [1.807, 2.05) is 18.2 Å². The average Bonchev–Trinajstić information content (AvgIpc) is 2.54. The predicted molar refractivity (Wildman–Crippen MR) is 82.6 cm³/mol. The third-order valence-corrected chi connectivity index (χ3v) is 4.48. The molecular weight excluding hydrogens is 266 g/mol. The van der Waals surface area contributed by atoms with E-state index in [1.54, 1.807) is 13.2 Å². The summed E-state index contributed by atoms with van der Waals surface area (Å²) in [4.78, 5) is 12.3. The Balaban J connectivity index is 2.10. The van der Waals surface area contributed by atoms with Gasteiger partial charge in [-0.2, -0.15) is 0 Å². The van der Waals surface area contributed by atoms with Crippen molar-refractivity contribution in [3.63, 3.8) is 0 Å². The van der Waals surface area contributed by atoms with Gasteiger partial charge in [0.2, 0.25) is 0 Å². The van der Waals surface area contributed by atoms with Gasteiger partial charge in [-0.25, -0.2) is 0 Å². The monoisotopic (exact) mass is 287 g/mol. The lowest BCUT2D eigenvalue weighted by atomic mass is 9.88. The highest BCUT2D eigenvalue weighted by atomic mass is 16.5. The fourth-order valence-corrected chi connectivity index (χ4v) is 3.28. The molecule has 2 aromatic rings. The van der Waals surface area contributed by atoms with Crippen molar-refractivity contribution in [1.82, 2.24) is 4.57 Å². The molecule has 0 saturated heterocycles. The summed E-state index contributed by atoms with van der Waals surface area (Å²) < 4.78 is 6.77. The van der Waals surface area contributed by atoms with E-state index in [4.69, 9.17) is 4.74 Å². The molecule has 4 heteroatoms. The van der Waals surface area contributed by atoms with Crippen molar-refractivity contribution >= 4 is 10.9 Å². The molecule has 0 radical (unpaired) electrons. The minimum atomic E-state index is -0.756. The zero-order valence-corrected chi connectivity index (χ0v) is 12.3. The van der Waals surface area contributed by atoms with Gasteiger partial charge in [-0.1, -0.05) is 19.3 Å². The van der Waals surface area contributed by atoms with Crippen molar-refractivity contribution < 1.29 is 9.84 Å². The number of ether oxygens (including phenoxy) is 1. The predicted octanol–water partition coefficient (Wildman–Crippen LogP) is 3.08. The highest BCUT2D eigenvalue weighted by molar-refractivity contribution is 5.80. The molecule has 0 spiro atoms. The second-order valence-electron chi connectivity index (χ2n) is 5.78. The second kappa shape index (κ2) is 5.90. The van der Waals surface area contributed by atoms with Gasteiger partial charge >= 0.3 is 0 Å². The Morgan fingerprint density at radius 2 is 1.90 bits per heavy atom. The van der Waals surface area contributed by atoms with Gasteiger partial charge in [-0.15, -0.1) is 0 Å². The maximum atomic E-state index is 12.3. The van der Waals surface area contributed by atoms with Crippen LogP contribution in [-0.4, -0.2) is 16.8 Å². The van der Waals surface area contributed by atoms with Gasteiger partial charge in [0.25, 0.3) is 5.56 Å². The first-order valence-corrected chi connectivity index (χ1v) is 7.58. The first-order chi connectivity index (χ1) is 10.2. The topological polar surface area (TPSA) is 51.5 Å². The quantitative estimate of drug-likeness (QED) is 0.944. The van der Waals surface area contributed by atoms with Gasteiger partial charge in [0.15, 0.2) is 0 Å². The summed E-state index contributed by atoms with van der Waals surface area (Å²) in [6.07, 6.45) is 4.69. The molecule has 0 amide bonds.